The summed E-state index contributed by atoms with van der Waals surface area (Å²) in [6.45, 7) is 2.93. The molecule has 1 saturated heterocycles. The van der Waals surface area contributed by atoms with Crippen LogP contribution in [-0.4, -0.2) is 31.7 Å². The van der Waals surface area contributed by atoms with E-state index in [0.717, 1.165) is 19.7 Å². The summed E-state index contributed by atoms with van der Waals surface area (Å²) in [6.07, 6.45) is 1.73. The fraction of sp³-hybridized carbons (Fsp3) is 0.533. The largest absolute Gasteiger partial charge is 0.384 e. The molecule has 18 heavy (non-hydrogen) atoms. The van der Waals surface area contributed by atoms with Gasteiger partial charge in [0.25, 0.3) is 0 Å². The summed E-state index contributed by atoms with van der Waals surface area (Å²) in [7, 11) is 1.76. The molecule has 96 valence electrons. The molecule has 0 aromatic heterocycles. The molecule has 0 aliphatic carbocycles. The lowest BCUT2D eigenvalue weighted by Gasteiger charge is -2.26. The standard InChI is InChI=1S/C15H20N2O/c1-18-12-13-8-10-17(11-13)15(7-9-16)14-5-3-2-4-6-14/h2-6,13,15H,7-8,10-12H2,1H3. The van der Waals surface area contributed by atoms with E-state index in [1.165, 1.54) is 12.0 Å². The minimum absolute atomic E-state index is 0.234. The van der Waals surface area contributed by atoms with Crippen LogP contribution in [0.3, 0.4) is 0 Å². The lowest BCUT2D eigenvalue weighted by atomic mass is 10.0. The lowest BCUT2D eigenvalue weighted by Crippen LogP contribution is -2.27. The van der Waals surface area contributed by atoms with Gasteiger partial charge in [0, 0.05) is 19.7 Å². The second-order valence-electron chi connectivity index (χ2n) is 4.89. The normalized spacial score (nSPS) is 21.7. The maximum absolute atomic E-state index is 9.03. The molecule has 0 spiro atoms. The van der Waals surface area contributed by atoms with E-state index in [1.54, 1.807) is 7.11 Å². The Labute approximate surface area is 109 Å². The topological polar surface area (TPSA) is 36.3 Å². The van der Waals surface area contributed by atoms with Crippen LogP contribution in [0.1, 0.15) is 24.4 Å². The minimum Gasteiger partial charge on any atom is -0.384 e. The first-order valence-corrected chi connectivity index (χ1v) is 6.50. The molecule has 0 saturated carbocycles. The summed E-state index contributed by atoms with van der Waals surface area (Å²) < 4.78 is 5.23. The van der Waals surface area contributed by atoms with Crippen LogP contribution in [0.25, 0.3) is 0 Å². The zero-order valence-electron chi connectivity index (χ0n) is 10.9. The number of benzene rings is 1. The van der Waals surface area contributed by atoms with Crippen molar-refractivity contribution in [3.05, 3.63) is 35.9 Å². The van der Waals surface area contributed by atoms with Gasteiger partial charge in [0.15, 0.2) is 0 Å². The molecule has 1 aliphatic rings. The monoisotopic (exact) mass is 244 g/mol. The Morgan fingerprint density at radius 2 is 2.22 bits per heavy atom. The van der Waals surface area contributed by atoms with Gasteiger partial charge in [0.2, 0.25) is 0 Å². The smallest absolute Gasteiger partial charge is 0.0641 e. The number of ether oxygens (including phenoxy) is 1. The Morgan fingerprint density at radius 1 is 1.44 bits per heavy atom. The zero-order valence-corrected chi connectivity index (χ0v) is 10.9. The Bertz CT molecular complexity index is 399. The first kappa shape index (κ1) is 13.1. The van der Waals surface area contributed by atoms with Crippen molar-refractivity contribution in [1.82, 2.24) is 4.90 Å². The first-order valence-electron chi connectivity index (χ1n) is 6.50. The third-order valence-corrected chi connectivity index (χ3v) is 3.63. The third-order valence-electron chi connectivity index (χ3n) is 3.63. The fourth-order valence-electron chi connectivity index (χ4n) is 2.74. The van der Waals surface area contributed by atoms with Gasteiger partial charge in [0.1, 0.15) is 0 Å². The van der Waals surface area contributed by atoms with Gasteiger partial charge in [-0.25, -0.2) is 0 Å². The maximum atomic E-state index is 9.03. The SMILES string of the molecule is COCC1CCN(C(CC#N)c2ccccc2)C1. The van der Waals surface area contributed by atoms with E-state index in [9.17, 15) is 0 Å². The highest BCUT2D eigenvalue weighted by atomic mass is 16.5. The number of nitriles is 1. The predicted octanol–water partition coefficient (Wildman–Crippen LogP) is 2.61. The third kappa shape index (κ3) is 3.10. The maximum Gasteiger partial charge on any atom is 0.0641 e. The van der Waals surface area contributed by atoms with Crippen molar-refractivity contribution < 1.29 is 4.74 Å². The molecule has 2 unspecified atom stereocenters. The van der Waals surface area contributed by atoms with Crippen molar-refractivity contribution in [3.63, 3.8) is 0 Å². The van der Waals surface area contributed by atoms with Crippen molar-refractivity contribution >= 4 is 0 Å². The molecule has 1 aromatic rings. The van der Waals surface area contributed by atoms with E-state index < -0.39 is 0 Å². The molecule has 1 aromatic carbocycles. The molecule has 3 heteroatoms. The molecule has 3 nitrogen and oxygen atoms in total. The van der Waals surface area contributed by atoms with E-state index in [0.29, 0.717) is 12.3 Å². The van der Waals surface area contributed by atoms with Gasteiger partial charge in [-0.1, -0.05) is 30.3 Å². The minimum atomic E-state index is 0.234. The van der Waals surface area contributed by atoms with Gasteiger partial charge in [-0.2, -0.15) is 5.26 Å². The van der Waals surface area contributed by atoms with Gasteiger partial charge in [0.05, 0.1) is 19.1 Å². The van der Waals surface area contributed by atoms with Crippen LogP contribution in [0.2, 0.25) is 0 Å². The number of likely N-dealkylation sites (tertiary alicyclic amines) is 1. The molecule has 2 atom stereocenters. The molecule has 2 rings (SSSR count). The first-order chi connectivity index (χ1) is 8.85. The van der Waals surface area contributed by atoms with Crippen molar-refractivity contribution in [2.45, 2.75) is 18.9 Å². The Kier molecular flexibility index (Phi) is 4.74. The quantitative estimate of drug-likeness (QED) is 0.799. The van der Waals surface area contributed by atoms with Gasteiger partial charge in [-0.3, -0.25) is 4.90 Å². The van der Waals surface area contributed by atoms with Crippen LogP contribution in [-0.2, 0) is 4.74 Å². The second kappa shape index (κ2) is 6.53. The number of rotatable bonds is 5. The Hall–Kier alpha value is -1.37. The number of methoxy groups -OCH3 is 1. The summed E-state index contributed by atoms with van der Waals surface area (Å²) in [5, 5.41) is 9.03. The van der Waals surface area contributed by atoms with Crippen LogP contribution in [0.5, 0.6) is 0 Å². The average molecular weight is 244 g/mol. The highest BCUT2D eigenvalue weighted by Crippen LogP contribution is 2.29. The summed E-state index contributed by atoms with van der Waals surface area (Å²) in [4.78, 5) is 2.42. The van der Waals surface area contributed by atoms with E-state index in [-0.39, 0.29) is 6.04 Å². The lowest BCUT2D eigenvalue weighted by molar-refractivity contribution is 0.147. The van der Waals surface area contributed by atoms with Crippen LogP contribution in [0, 0.1) is 17.2 Å². The summed E-state index contributed by atoms with van der Waals surface area (Å²) >= 11 is 0. The summed E-state index contributed by atoms with van der Waals surface area (Å²) in [6, 6.07) is 12.9. The summed E-state index contributed by atoms with van der Waals surface area (Å²) in [5.41, 5.74) is 1.25. The van der Waals surface area contributed by atoms with Crippen LogP contribution in [0.4, 0.5) is 0 Å². The van der Waals surface area contributed by atoms with Gasteiger partial charge >= 0.3 is 0 Å². The van der Waals surface area contributed by atoms with Gasteiger partial charge < -0.3 is 4.74 Å². The predicted molar refractivity (Wildman–Crippen MR) is 71.0 cm³/mol. The molecule has 0 N–H and O–H groups in total. The highest BCUT2D eigenvalue weighted by molar-refractivity contribution is 5.20. The Morgan fingerprint density at radius 3 is 2.89 bits per heavy atom. The van der Waals surface area contributed by atoms with Crippen molar-refractivity contribution in [2.75, 3.05) is 26.8 Å². The van der Waals surface area contributed by atoms with Crippen LogP contribution in [0.15, 0.2) is 30.3 Å². The van der Waals surface area contributed by atoms with E-state index in [4.69, 9.17) is 10.00 Å². The average Bonchev–Trinajstić information content (AvgIpc) is 2.86. The molecular weight excluding hydrogens is 224 g/mol. The fourth-order valence-corrected chi connectivity index (χ4v) is 2.74. The van der Waals surface area contributed by atoms with Crippen molar-refractivity contribution in [1.29, 1.82) is 5.26 Å². The van der Waals surface area contributed by atoms with Crippen molar-refractivity contribution in [3.8, 4) is 6.07 Å². The van der Waals surface area contributed by atoms with E-state index in [2.05, 4.69) is 23.1 Å². The zero-order chi connectivity index (χ0) is 12.8. The van der Waals surface area contributed by atoms with Crippen molar-refractivity contribution in [2.24, 2.45) is 5.92 Å². The molecule has 1 fully saturated rings. The van der Waals surface area contributed by atoms with Gasteiger partial charge in [-0.15, -0.1) is 0 Å². The second-order valence-corrected chi connectivity index (χ2v) is 4.89. The number of hydrogen-bond donors (Lipinski definition) is 0. The Balaban J connectivity index is 2.06. The number of hydrogen-bond acceptors (Lipinski definition) is 3. The van der Waals surface area contributed by atoms with E-state index >= 15 is 0 Å². The number of nitrogens with zero attached hydrogens (tertiary/aromatic N) is 2. The molecule has 1 aliphatic heterocycles. The van der Waals surface area contributed by atoms with Crippen LogP contribution >= 0.6 is 0 Å². The molecule has 1 heterocycles. The molecule has 0 bridgehead atoms. The van der Waals surface area contributed by atoms with E-state index in [1.807, 2.05) is 18.2 Å². The molecular formula is C15H20N2O. The highest BCUT2D eigenvalue weighted by Gasteiger charge is 2.28. The van der Waals surface area contributed by atoms with Crippen LogP contribution < -0.4 is 0 Å². The summed E-state index contributed by atoms with van der Waals surface area (Å²) in [5.74, 6) is 0.611. The van der Waals surface area contributed by atoms with Gasteiger partial charge in [-0.05, 0) is 24.4 Å². The molecule has 0 amide bonds. The molecule has 0 radical (unpaired) electrons.